The SMILES string of the molecule is COC(=O)c1ccc(OCCn2c(C)c(C=C3C(=O)NC(=S)NC3=O)c3ccccc32)cc1. The van der Waals surface area contributed by atoms with Gasteiger partial charge >= 0.3 is 5.97 Å². The number of rotatable bonds is 6. The van der Waals surface area contributed by atoms with Gasteiger partial charge in [0.1, 0.15) is 17.9 Å². The van der Waals surface area contributed by atoms with Gasteiger partial charge in [0.25, 0.3) is 11.8 Å². The van der Waals surface area contributed by atoms with E-state index in [1.54, 1.807) is 30.3 Å². The standard InChI is InChI=1S/C24H21N3O5S/c1-14-18(13-19-21(28)25-24(33)26-22(19)29)17-5-3-4-6-20(17)27(14)11-12-32-16-9-7-15(8-10-16)23(30)31-2/h3-10,13H,11-12H2,1-2H3,(H2,25,26,28,29,33). The molecule has 168 valence electrons. The van der Waals surface area contributed by atoms with Gasteiger partial charge in [-0.1, -0.05) is 18.2 Å². The molecule has 1 saturated heterocycles. The number of fused-ring (bicyclic) bond motifs is 1. The Labute approximate surface area is 195 Å². The van der Waals surface area contributed by atoms with Crippen molar-refractivity contribution in [3.05, 3.63) is 70.9 Å². The molecule has 1 aliphatic rings. The quantitative estimate of drug-likeness (QED) is 0.252. The van der Waals surface area contributed by atoms with Gasteiger partial charge in [0, 0.05) is 22.2 Å². The van der Waals surface area contributed by atoms with Gasteiger partial charge in [-0.3, -0.25) is 20.2 Å². The molecule has 2 N–H and O–H groups in total. The van der Waals surface area contributed by atoms with Crippen molar-refractivity contribution in [1.82, 2.24) is 15.2 Å². The van der Waals surface area contributed by atoms with Crippen molar-refractivity contribution < 1.29 is 23.9 Å². The maximum Gasteiger partial charge on any atom is 0.337 e. The molecule has 3 aromatic rings. The van der Waals surface area contributed by atoms with Crippen LogP contribution >= 0.6 is 12.2 Å². The summed E-state index contributed by atoms with van der Waals surface area (Å²) >= 11 is 4.87. The first-order valence-electron chi connectivity index (χ1n) is 10.2. The van der Waals surface area contributed by atoms with Crippen LogP contribution in [0.3, 0.4) is 0 Å². The Hall–Kier alpha value is -3.98. The molecule has 2 amide bonds. The fourth-order valence-electron chi connectivity index (χ4n) is 3.74. The summed E-state index contributed by atoms with van der Waals surface area (Å²) in [4.78, 5) is 36.2. The van der Waals surface area contributed by atoms with Crippen LogP contribution in [0.15, 0.2) is 54.1 Å². The van der Waals surface area contributed by atoms with Crippen molar-refractivity contribution in [1.29, 1.82) is 0 Å². The second-order valence-electron chi connectivity index (χ2n) is 7.33. The van der Waals surface area contributed by atoms with E-state index in [0.717, 1.165) is 22.2 Å². The summed E-state index contributed by atoms with van der Waals surface area (Å²) in [5.41, 5.74) is 3.07. The minimum absolute atomic E-state index is 0.00179. The van der Waals surface area contributed by atoms with Crippen LogP contribution in [-0.4, -0.2) is 41.2 Å². The number of hydrogen-bond acceptors (Lipinski definition) is 6. The van der Waals surface area contributed by atoms with E-state index in [-0.39, 0.29) is 10.7 Å². The fourth-order valence-corrected chi connectivity index (χ4v) is 3.92. The Morgan fingerprint density at radius 1 is 1.06 bits per heavy atom. The lowest BCUT2D eigenvalue weighted by Crippen LogP contribution is -2.51. The largest absolute Gasteiger partial charge is 0.492 e. The lowest BCUT2D eigenvalue weighted by Gasteiger charge is -2.16. The van der Waals surface area contributed by atoms with E-state index in [4.69, 9.17) is 21.7 Å². The minimum Gasteiger partial charge on any atom is -0.492 e. The predicted octanol–water partition coefficient (Wildman–Crippen LogP) is 2.73. The van der Waals surface area contributed by atoms with E-state index in [1.165, 1.54) is 7.11 Å². The molecular weight excluding hydrogens is 442 g/mol. The molecule has 2 aromatic carbocycles. The molecule has 2 heterocycles. The first-order valence-corrected chi connectivity index (χ1v) is 10.6. The summed E-state index contributed by atoms with van der Waals surface area (Å²) in [5.74, 6) is -0.831. The molecule has 1 aliphatic heterocycles. The lowest BCUT2D eigenvalue weighted by molar-refractivity contribution is -0.123. The van der Waals surface area contributed by atoms with Gasteiger partial charge < -0.3 is 14.0 Å². The van der Waals surface area contributed by atoms with Crippen LogP contribution in [0.25, 0.3) is 17.0 Å². The second-order valence-corrected chi connectivity index (χ2v) is 7.74. The molecule has 0 bridgehead atoms. The zero-order valence-electron chi connectivity index (χ0n) is 18.0. The molecule has 33 heavy (non-hydrogen) atoms. The summed E-state index contributed by atoms with van der Waals surface area (Å²) in [6.45, 7) is 2.85. The molecule has 0 atom stereocenters. The van der Waals surface area contributed by atoms with Gasteiger partial charge in [0.2, 0.25) is 0 Å². The third kappa shape index (κ3) is 4.49. The van der Waals surface area contributed by atoms with Crippen LogP contribution in [0.2, 0.25) is 0 Å². The summed E-state index contributed by atoms with van der Waals surface area (Å²) in [6, 6.07) is 14.5. The topological polar surface area (TPSA) is 98.7 Å². The third-order valence-corrected chi connectivity index (χ3v) is 5.57. The highest BCUT2D eigenvalue weighted by Crippen LogP contribution is 2.28. The lowest BCUT2D eigenvalue weighted by atomic mass is 10.1. The molecule has 0 radical (unpaired) electrons. The van der Waals surface area contributed by atoms with Gasteiger partial charge in [-0.05, 0) is 55.5 Å². The molecule has 8 nitrogen and oxygen atoms in total. The molecule has 1 fully saturated rings. The van der Waals surface area contributed by atoms with Crippen molar-refractivity contribution in [2.75, 3.05) is 13.7 Å². The van der Waals surface area contributed by atoms with Crippen molar-refractivity contribution in [3.63, 3.8) is 0 Å². The number of hydrogen-bond donors (Lipinski definition) is 2. The highest BCUT2D eigenvalue weighted by atomic mass is 32.1. The summed E-state index contributed by atoms with van der Waals surface area (Å²) in [5, 5.41) is 5.83. The van der Waals surface area contributed by atoms with E-state index in [9.17, 15) is 14.4 Å². The first kappa shape index (κ1) is 22.2. The zero-order chi connectivity index (χ0) is 23.5. The van der Waals surface area contributed by atoms with Crippen LogP contribution < -0.4 is 15.4 Å². The molecule has 0 saturated carbocycles. The van der Waals surface area contributed by atoms with Gasteiger partial charge in [-0.25, -0.2) is 4.79 Å². The van der Waals surface area contributed by atoms with Crippen molar-refractivity contribution in [3.8, 4) is 5.75 Å². The fraction of sp³-hybridized carbons (Fsp3) is 0.167. The number of aromatic nitrogens is 1. The average molecular weight is 464 g/mol. The van der Waals surface area contributed by atoms with Crippen LogP contribution in [-0.2, 0) is 20.9 Å². The molecule has 9 heteroatoms. The molecule has 4 rings (SSSR count). The maximum absolute atomic E-state index is 12.3. The van der Waals surface area contributed by atoms with Gasteiger partial charge in [-0.15, -0.1) is 0 Å². The number of para-hydroxylation sites is 1. The smallest absolute Gasteiger partial charge is 0.337 e. The number of nitrogens with zero attached hydrogens (tertiary/aromatic N) is 1. The van der Waals surface area contributed by atoms with Gasteiger partial charge in [0.15, 0.2) is 5.11 Å². The number of amides is 2. The van der Waals surface area contributed by atoms with Crippen LogP contribution in [0.5, 0.6) is 5.75 Å². The number of nitrogens with one attached hydrogen (secondary N) is 2. The van der Waals surface area contributed by atoms with E-state index in [0.29, 0.717) is 24.5 Å². The van der Waals surface area contributed by atoms with E-state index < -0.39 is 17.8 Å². The number of carbonyl (C=O) groups is 3. The van der Waals surface area contributed by atoms with E-state index >= 15 is 0 Å². The first-order chi connectivity index (χ1) is 15.9. The van der Waals surface area contributed by atoms with Crippen molar-refractivity contribution in [2.45, 2.75) is 13.5 Å². The summed E-state index contributed by atoms with van der Waals surface area (Å²) in [6.07, 6.45) is 1.59. The third-order valence-electron chi connectivity index (χ3n) is 5.37. The number of esters is 1. The number of benzene rings is 2. The second kappa shape index (κ2) is 9.25. The van der Waals surface area contributed by atoms with Crippen LogP contribution in [0.4, 0.5) is 0 Å². The number of carbonyl (C=O) groups excluding carboxylic acids is 3. The minimum atomic E-state index is -0.529. The van der Waals surface area contributed by atoms with E-state index in [1.807, 2.05) is 31.2 Å². The Bertz CT molecular complexity index is 1290. The van der Waals surface area contributed by atoms with Gasteiger partial charge in [-0.2, -0.15) is 0 Å². The molecule has 1 aromatic heterocycles. The highest BCUT2D eigenvalue weighted by Gasteiger charge is 2.26. The number of ether oxygens (including phenoxy) is 2. The van der Waals surface area contributed by atoms with Crippen molar-refractivity contribution >= 4 is 52.1 Å². The molecule has 0 spiro atoms. The van der Waals surface area contributed by atoms with Crippen LogP contribution in [0, 0.1) is 6.92 Å². The maximum atomic E-state index is 12.3. The van der Waals surface area contributed by atoms with Gasteiger partial charge in [0.05, 0.1) is 19.2 Å². The molecule has 0 aliphatic carbocycles. The van der Waals surface area contributed by atoms with E-state index in [2.05, 4.69) is 15.2 Å². The Morgan fingerprint density at radius 3 is 2.39 bits per heavy atom. The summed E-state index contributed by atoms with van der Waals surface area (Å²) in [7, 11) is 1.34. The number of methoxy groups -OCH3 is 1. The predicted molar refractivity (Wildman–Crippen MR) is 127 cm³/mol. The highest BCUT2D eigenvalue weighted by molar-refractivity contribution is 7.80. The molecule has 0 unspecified atom stereocenters. The normalized spacial score (nSPS) is 13.5. The number of thiocarbonyl (C=S) groups is 1. The van der Waals surface area contributed by atoms with Crippen LogP contribution in [0.1, 0.15) is 21.6 Å². The summed E-state index contributed by atoms with van der Waals surface area (Å²) < 4.78 is 12.6. The van der Waals surface area contributed by atoms with Crippen molar-refractivity contribution in [2.24, 2.45) is 0 Å². The monoisotopic (exact) mass is 463 g/mol. The average Bonchev–Trinajstić information content (AvgIpc) is 3.07. The Morgan fingerprint density at radius 2 is 1.73 bits per heavy atom. The Balaban J connectivity index is 1.58. The zero-order valence-corrected chi connectivity index (χ0v) is 18.8. The molecular formula is C24H21N3O5S. The Kier molecular flexibility index (Phi) is 6.23.